The molecule has 1 aliphatic heterocycles. The van der Waals surface area contributed by atoms with Gasteiger partial charge in [-0.25, -0.2) is 0 Å². The molecule has 1 heterocycles. The molecule has 0 aromatic carbocycles. The SMILES string of the molecule is CO[C@@H]1[C@@H](OC(C)=O)[C@@H](COC(C)=O)OC[C@H]1OC(C)=O. The molecule has 1 rings (SSSR count). The zero-order valence-corrected chi connectivity index (χ0v) is 12.5. The molecule has 8 heteroatoms. The number of hydrogen-bond acceptors (Lipinski definition) is 8. The first-order chi connectivity index (χ1) is 9.85. The fourth-order valence-electron chi connectivity index (χ4n) is 2.11. The van der Waals surface area contributed by atoms with Crippen molar-refractivity contribution in [3.05, 3.63) is 0 Å². The van der Waals surface area contributed by atoms with E-state index in [1.807, 2.05) is 0 Å². The van der Waals surface area contributed by atoms with E-state index in [2.05, 4.69) is 0 Å². The lowest BCUT2D eigenvalue weighted by Gasteiger charge is -2.40. The Balaban J connectivity index is 2.84. The Morgan fingerprint density at radius 2 is 1.62 bits per heavy atom. The van der Waals surface area contributed by atoms with Crippen molar-refractivity contribution in [1.82, 2.24) is 0 Å². The fraction of sp³-hybridized carbons (Fsp3) is 0.769. The highest BCUT2D eigenvalue weighted by Crippen LogP contribution is 2.24. The van der Waals surface area contributed by atoms with E-state index >= 15 is 0 Å². The van der Waals surface area contributed by atoms with E-state index in [1.165, 1.54) is 27.9 Å². The molecule has 8 nitrogen and oxygen atoms in total. The van der Waals surface area contributed by atoms with E-state index < -0.39 is 42.3 Å². The van der Waals surface area contributed by atoms with Gasteiger partial charge in [-0.1, -0.05) is 0 Å². The van der Waals surface area contributed by atoms with E-state index in [0.717, 1.165) is 0 Å². The lowest BCUT2D eigenvalue weighted by Crippen LogP contribution is -2.57. The molecule has 0 aliphatic carbocycles. The molecule has 0 unspecified atom stereocenters. The lowest BCUT2D eigenvalue weighted by atomic mass is 9.99. The number of carbonyl (C=O) groups is 3. The van der Waals surface area contributed by atoms with Crippen LogP contribution >= 0.6 is 0 Å². The summed E-state index contributed by atoms with van der Waals surface area (Å²) in [5.74, 6) is -1.51. The van der Waals surface area contributed by atoms with Gasteiger partial charge in [-0.2, -0.15) is 0 Å². The number of methoxy groups -OCH3 is 1. The Labute approximate surface area is 122 Å². The molecule has 0 saturated carbocycles. The van der Waals surface area contributed by atoms with Gasteiger partial charge < -0.3 is 23.7 Å². The van der Waals surface area contributed by atoms with Crippen LogP contribution in [0.5, 0.6) is 0 Å². The summed E-state index contributed by atoms with van der Waals surface area (Å²) in [4.78, 5) is 33.2. The van der Waals surface area contributed by atoms with Gasteiger partial charge in [0.25, 0.3) is 0 Å². The highest BCUT2D eigenvalue weighted by Gasteiger charge is 2.45. The monoisotopic (exact) mass is 304 g/mol. The average Bonchev–Trinajstić information content (AvgIpc) is 2.36. The maximum atomic E-state index is 11.2. The predicted molar refractivity (Wildman–Crippen MR) is 68.3 cm³/mol. The Kier molecular flexibility index (Phi) is 6.57. The second-order valence-corrected chi connectivity index (χ2v) is 4.60. The number of ether oxygens (including phenoxy) is 5. The molecule has 0 N–H and O–H groups in total. The summed E-state index contributed by atoms with van der Waals surface area (Å²) in [6, 6.07) is 0. The summed E-state index contributed by atoms with van der Waals surface area (Å²) in [7, 11) is 1.41. The quantitative estimate of drug-likeness (QED) is 0.510. The van der Waals surface area contributed by atoms with Gasteiger partial charge in [0.2, 0.25) is 0 Å². The van der Waals surface area contributed by atoms with Gasteiger partial charge in [0.05, 0.1) is 6.61 Å². The van der Waals surface area contributed by atoms with Gasteiger partial charge in [0.1, 0.15) is 18.8 Å². The number of esters is 3. The normalized spacial score (nSPS) is 28.6. The van der Waals surface area contributed by atoms with Gasteiger partial charge in [-0.3, -0.25) is 14.4 Å². The van der Waals surface area contributed by atoms with Crippen molar-refractivity contribution in [2.75, 3.05) is 20.3 Å². The highest BCUT2D eigenvalue weighted by atomic mass is 16.6. The van der Waals surface area contributed by atoms with Crippen LogP contribution in [0.2, 0.25) is 0 Å². The topological polar surface area (TPSA) is 97.4 Å². The van der Waals surface area contributed by atoms with Gasteiger partial charge >= 0.3 is 17.9 Å². The summed E-state index contributed by atoms with van der Waals surface area (Å²) in [5.41, 5.74) is 0. The van der Waals surface area contributed by atoms with Crippen molar-refractivity contribution in [1.29, 1.82) is 0 Å². The van der Waals surface area contributed by atoms with E-state index in [1.54, 1.807) is 0 Å². The van der Waals surface area contributed by atoms with Crippen LogP contribution in [0, 0.1) is 0 Å². The molecule has 0 radical (unpaired) electrons. The van der Waals surface area contributed by atoms with Gasteiger partial charge in [-0.15, -0.1) is 0 Å². The molecule has 0 bridgehead atoms. The van der Waals surface area contributed by atoms with Crippen LogP contribution in [0.4, 0.5) is 0 Å². The third-order valence-corrected chi connectivity index (χ3v) is 2.87. The van der Waals surface area contributed by atoms with Crippen molar-refractivity contribution < 1.29 is 38.1 Å². The maximum Gasteiger partial charge on any atom is 0.303 e. The first-order valence-corrected chi connectivity index (χ1v) is 6.47. The third-order valence-electron chi connectivity index (χ3n) is 2.87. The second-order valence-electron chi connectivity index (χ2n) is 4.60. The molecule has 21 heavy (non-hydrogen) atoms. The van der Waals surface area contributed by atoms with Crippen molar-refractivity contribution >= 4 is 17.9 Å². The summed E-state index contributed by atoms with van der Waals surface area (Å²) in [5, 5.41) is 0. The summed E-state index contributed by atoms with van der Waals surface area (Å²) >= 11 is 0. The Morgan fingerprint density at radius 1 is 1.00 bits per heavy atom. The van der Waals surface area contributed by atoms with E-state index in [9.17, 15) is 14.4 Å². The maximum absolute atomic E-state index is 11.2. The minimum atomic E-state index is -0.843. The van der Waals surface area contributed by atoms with Crippen LogP contribution in [0.25, 0.3) is 0 Å². The van der Waals surface area contributed by atoms with Crippen LogP contribution < -0.4 is 0 Å². The van der Waals surface area contributed by atoms with Crippen LogP contribution in [-0.4, -0.2) is 62.6 Å². The molecule has 120 valence electrons. The van der Waals surface area contributed by atoms with Crippen molar-refractivity contribution in [2.45, 2.75) is 45.2 Å². The Hall–Kier alpha value is -1.67. The van der Waals surface area contributed by atoms with Crippen LogP contribution in [0.15, 0.2) is 0 Å². The molecular formula is C13H20O8. The second kappa shape index (κ2) is 7.94. The van der Waals surface area contributed by atoms with Crippen molar-refractivity contribution in [3.8, 4) is 0 Å². The van der Waals surface area contributed by atoms with Crippen molar-refractivity contribution in [2.24, 2.45) is 0 Å². The fourth-order valence-corrected chi connectivity index (χ4v) is 2.11. The third kappa shape index (κ3) is 5.31. The first-order valence-electron chi connectivity index (χ1n) is 6.47. The summed E-state index contributed by atoms with van der Waals surface area (Å²) in [6.45, 7) is 3.74. The number of hydrogen-bond donors (Lipinski definition) is 0. The number of carbonyl (C=O) groups excluding carboxylic acids is 3. The minimum absolute atomic E-state index is 0.0573. The Bertz CT molecular complexity index is 394. The zero-order valence-electron chi connectivity index (χ0n) is 12.5. The average molecular weight is 304 g/mol. The largest absolute Gasteiger partial charge is 0.463 e. The zero-order chi connectivity index (χ0) is 16.0. The lowest BCUT2D eigenvalue weighted by molar-refractivity contribution is -0.227. The summed E-state index contributed by atoms with van der Waals surface area (Å²) in [6.07, 6.45) is -2.93. The van der Waals surface area contributed by atoms with Gasteiger partial charge in [0, 0.05) is 27.9 Å². The predicted octanol–water partition coefficient (Wildman–Crippen LogP) is -0.173. The smallest absolute Gasteiger partial charge is 0.303 e. The van der Waals surface area contributed by atoms with Gasteiger partial charge in [-0.05, 0) is 0 Å². The molecule has 1 fully saturated rings. The van der Waals surface area contributed by atoms with Crippen LogP contribution in [-0.2, 0) is 38.1 Å². The standard InChI is InChI=1S/C13H20O8/c1-7(14)18-5-10-13(21-9(3)16)12(17-4)11(6-19-10)20-8(2)15/h10-13H,5-6H2,1-4H3/t10-,11-,12+,13+/m1/s1. The molecular weight excluding hydrogens is 284 g/mol. The molecule has 1 aliphatic rings. The van der Waals surface area contributed by atoms with Crippen LogP contribution in [0.1, 0.15) is 20.8 Å². The molecule has 0 aromatic heterocycles. The first kappa shape index (κ1) is 17.4. The highest BCUT2D eigenvalue weighted by molar-refractivity contribution is 5.67. The number of rotatable bonds is 5. The van der Waals surface area contributed by atoms with Crippen LogP contribution in [0.3, 0.4) is 0 Å². The molecule has 0 aromatic rings. The molecule has 1 saturated heterocycles. The van der Waals surface area contributed by atoms with Crippen molar-refractivity contribution in [3.63, 3.8) is 0 Å². The van der Waals surface area contributed by atoms with E-state index in [0.29, 0.717) is 0 Å². The Morgan fingerprint density at radius 3 is 2.10 bits per heavy atom. The van der Waals surface area contributed by atoms with E-state index in [-0.39, 0.29) is 13.2 Å². The minimum Gasteiger partial charge on any atom is -0.463 e. The summed E-state index contributed by atoms with van der Waals surface area (Å²) < 4.78 is 25.9. The van der Waals surface area contributed by atoms with E-state index in [4.69, 9.17) is 23.7 Å². The molecule has 0 amide bonds. The molecule has 4 atom stereocenters. The molecule has 0 spiro atoms. The van der Waals surface area contributed by atoms with Gasteiger partial charge in [0.15, 0.2) is 12.2 Å².